The van der Waals surface area contributed by atoms with Crippen molar-refractivity contribution in [2.24, 2.45) is 0 Å². The average Bonchev–Trinajstić information content (AvgIpc) is 3.39. The molecule has 0 saturated carbocycles. The molecular weight excluding hydrogens is 366 g/mol. The molecule has 9 heteroatoms. The first-order valence-electron chi connectivity index (χ1n) is 10.2. The van der Waals surface area contributed by atoms with Crippen molar-refractivity contribution in [2.45, 2.75) is 57.2 Å². The molecule has 0 aromatic carbocycles. The lowest BCUT2D eigenvalue weighted by atomic mass is 9.97. The third-order valence-electron chi connectivity index (χ3n) is 6.06. The van der Waals surface area contributed by atoms with Gasteiger partial charge in [0.1, 0.15) is 5.52 Å². The minimum atomic E-state index is 0.350. The maximum absolute atomic E-state index is 8.92. The number of H-pyrrole nitrogens is 2. The molecule has 4 N–H and O–H groups in total. The molecule has 2 unspecified atom stereocenters. The van der Waals surface area contributed by atoms with E-state index in [0.717, 1.165) is 41.9 Å². The van der Waals surface area contributed by atoms with Crippen molar-refractivity contribution in [1.29, 1.82) is 5.26 Å². The van der Waals surface area contributed by atoms with Crippen LogP contribution >= 0.6 is 0 Å². The molecule has 9 nitrogen and oxygen atoms in total. The Balaban J connectivity index is 1.34. The first-order chi connectivity index (χ1) is 14.2. The first-order valence-corrected chi connectivity index (χ1v) is 10.2. The minimum Gasteiger partial charge on any atom is -0.357 e. The Morgan fingerprint density at radius 1 is 1.28 bits per heavy atom. The molecule has 29 heavy (non-hydrogen) atoms. The zero-order valence-corrected chi connectivity index (χ0v) is 16.4. The van der Waals surface area contributed by atoms with Crippen molar-refractivity contribution in [3.05, 3.63) is 24.0 Å². The Morgan fingerprint density at radius 2 is 2.10 bits per heavy atom. The van der Waals surface area contributed by atoms with Gasteiger partial charge in [-0.15, -0.1) is 0 Å². The highest BCUT2D eigenvalue weighted by Gasteiger charge is 2.40. The molecule has 0 aliphatic carbocycles. The van der Waals surface area contributed by atoms with Crippen LogP contribution in [0.3, 0.4) is 0 Å². The van der Waals surface area contributed by atoms with Gasteiger partial charge in [0, 0.05) is 49.0 Å². The first kappa shape index (κ1) is 17.9. The Hall–Kier alpha value is -3.12. The van der Waals surface area contributed by atoms with E-state index < -0.39 is 0 Å². The van der Waals surface area contributed by atoms with Crippen LogP contribution in [0.1, 0.15) is 37.8 Å². The number of nitrogens with zero attached hydrogens (tertiary/aromatic N) is 5. The molecule has 2 fully saturated rings. The summed E-state index contributed by atoms with van der Waals surface area (Å²) in [6.07, 6.45) is 7.06. The van der Waals surface area contributed by atoms with Crippen LogP contribution in [-0.4, -0.2) is 54.7 Å². The van der Waals surface area contributed by atoms with E-state index in [1.54, 1.807) is 0 Å². The van der Waals surface area contributed by atoms with Crippen LogP contribution in [0.15, 0.2) is 18.3 Å². The summed E-state index contributed by atoms with van der Waals surface area (Å²) in [5.74, 6) is 2.08. The summed E-state index contributed by atoms with van der Waals surface area (Å²) in [6, 6.07) is 7.64. The van der Waals surface area contributed by atoms with E-state index in [-0.39, 0.29) is 0 Å². The molecule has 2 bridgehead atoms. The summed E-state index contributed by atoms with van der Waals surface area (Å²) >= 11 is 0. The number of nitriles is 1. The van der Waals surface area contributed by atoms with Gasteiger partial charge >= 0.3 is 0 Å². The molecule has 0 spiro atoms. The Labute approximate surface area is 168 Å². The van der Waals surface area contributed by atoms with Gasteiger partial charge in [0.25, 0.3) is 0 Å². The maximum Gasteiger partial charge on any atom is 0.225 e. The minimum absolute atomic E-state index is 0.350. The Kier molecular flexibility index (Phi) is 4.56. The monoisotopic (exact) mass is 391 g/mol. The van der Waals surface area contributed by atoms with Gasteiger partial charge in [-0.1, -0.05) is 0 Å². The van der Waals surface area contributed by atoms with Crippen molar-refractivity contribution in [3.8, 4) is 6.07 Å². The molecule has 2 saturated heterocycles. The summed E-state index contributed by atoms with van der Waals surface area (Å²) in [4.78, 5) is 15.2. The van der Waals surface area contributed by atoms with Crippen molar-refractivity contribution >= 4 is 28.6 Å². The van der Waals surface area contributed by atoms with Gasteiger partial charge in [-0.3, -0.25) is 10.00 Å². The molecular formula is C20H25N9. The lowest BCUT2D eigenvalue weighted by Crippen LogP contribution is -2.47. The lowest BCUT2D eigenvalue weighted by Gasteiger charge is -2.38. The van der Waals surface area contributed by atoms with E-state index in [9.17, 15) is 0 Å². The Morgan fingerprint density at radius 3 is 2.83 bits per heavy atom. The molecule has 150 valence electrons. The number of aromatic amines is 2. The fourth-order valence-corrected chi connectivity index (χ4v) is 4.82. The van der Waals surface area contributed by atoms with Gasteiger partial charge in [-0.25, -0.2) is 4.98 Å². The number of aryl methyl sites for hydroxylation is 1. The molecule has 2 aliphatic rings. The third kappa shape index (κ3) is 3.51. The van der Waals surface area contributed by atoms with Crippen LogP contribution in [-0.2, 0) is 0 Å². The van der Waals surface area contributed by atoms with Crippen LogP contribution in [0.5, 0.6) is 0 Å². The normalized spacial score (nSPS) is 23.9. The highest BCUT2D eigenvalue weighted by Crippen LogP contribution is 2.36. The van der Waals surface area contributed by atoms with Gasteiger partial charge < -0.3 is 15.6 Å². The summed E-state index contributed by atoms with van der Waals surface area (Å²) in [5, 5.41) is 23.0. The van der Waals surface area contributed by atoms with Crippen molar-refractivity contribution in [2.75, 3.05) is 17.2 Å². The van der Waals surface area contributed by atoms with Crippen molar-refractivity contribution < 1.29 is 0 Å². The number of aromatic nitrogens is 5. The molecule has 0 radical (unpaired) electrons. The van der Waals surface area contributed by atoms with Gasteiger partial charge in [0.15, 0.2) is 11.6 Å². The lowest BCUT2D eigenvalue weighted by molar-refractivity contribution is 0.135. The number of anilines is 3. The van der Waals surface area contributed by atoms with Crippen molar-refractivity contribution in [1.82, 2.24) is 30.0 Å². The number of hydrogen-bond donors (Lipinski definition) is 4. The summed E-state index contributed by atoms with van der Waals surface area (Å²) in [5.41, 5.74) is 2.72. The molecule has 3 aromatic rings. The zero-order valence-electron chi connectivity index (χ0n) is 16.4. The van der Waals surface area contributed by atoms with Gasteiger partial charge in [-0.2, -0.15) is 15.3 Å². The standard InChI is InChI=1S/C20H25N9/c1-12-9-17(28-27-12)25-19-18-16(5-7-22-18)24-20(26-19)23-13-10-14-3-4-15(11-13)29(14)8-2-6-21/h5,7,9,13-15,22H,2-4,8,10-11H2,1H3,(H3,23,24,25,26,27,28). The largest absolute Gasteiger partial charge is 0.357 e. The van der Waals surface area contributed by atoms with Crippen LogP contribution < -0.4 is 10.6 Å². The second kappa shape index (κ2) is 7.37. The van der Waals surface area contributed by atoms with E-state index in [0.29, 0.717) is 36.3 Å². The van der Waals surface area contributed by atoms with E-state index in [4.69, 9.17) is 15.2 Å². The molecule has 2 atom stereocenters. The Bertz CT molecular complexity index is 1030. The number of hydrogen-bond acceptors (Lipinski definition) is 7. The van der Waals surface area contributed by atoms with Gasteiger partial charge in [-0.05, 0) is 38.7 Å². The zero-order chi connectivity index (χ0) is 19.8. The fourth-order valence-electron chi connectivity index (χ4n) is 4.82. The smallest absolute Gasteiger partial charge is 0.225 e. The van der Waals surface area contributed by atoms with Gasteiger partial charge in [0.05, 0.1) is 11.6 Å². The summed E-state index contributed by atoms with van der Waals surface area (Å²) in [7, 11) is 0. The highest BCUT2D eigenvalue weighted by molar-refractivity contribution is 5.88. The van der Waals surface area contributed by atoms with Crippen molar-refractivity contribution in [3.63, 3.8) is 0 Å². The molecule has 0 amide bonds. The number of rotatable bonds is 6. The molecule has 5 rings (SSSR count). The molecule has 5 heterocycles. The van der Waals surface area contributed by atoms with E-state index in [2.05, 4.69) is 36.8 Å². The van der Waals surface area contributed by atoms with Crippen LogP contribution in [0.2, 0.25) is 0 Å². The second-order valence-corrected chi connectivity index (χ2v) is 8.04. The van der Waals surface area contributed by atoms with Crippen LogP contribution in [0.4, 0.5) is 17.6 Å². The predicted octanol–water partition coefficient (Wildman–Crippen LogP) is 3.05. The van der Waals surface area contributed by atoms with E-state index in [1.165, 1.54) is 12.8 Å². The van der Waals surface area contributed by atoms with E-state index >= 15 is 0 Å². The number of fused-ring (bicyclic) bond motifs is 3. The van der Waals surface area contributed by atoms with Crippen LogP contribution in [0.25, 0.3) is 11.0 Å². The average molecular weight is 391 g/mol. The van der Waals surface area contributed by atoms with Gasteiger partial charge in [0.2, 0.25) is 5.95 Å². The molecule has 2 aliphatic heterocycles. The quantitative estimate of drug-likeness (QED) is 0.509. The van der Waals surface area contributed by atoms with Crippen LogP contribution in [0, 0.1) is 18.3 Å². The fraction of sp³-hybridized carbons (Fsp3) is 0.500. The maximum atomic E-state index is 8.92. The predicted molar refractivity (Wildman–Crippen MR) is 111 cm³/mol. The third-order valence-corrected chi connectivity index (χ3v) is 6.06. The summed E-state index contributed by atoms with van der Waals surface area (Å²) < 4.78 is 0. The SMILES string of the molecule is Cc1cc(Nc2nc(NC3CC4CCC(C3)N4CCC#N)nc3cc[nH]c23)n[nH]1. The summed E-state index contributed by atoms with van der Waals surface area (Å²) in [6.45, 7) is 2.86. The van der Waals surface area contributed by atoms with E-state index in [1.807, 2.05) is 25.3 Å². The topological polar surface area (TPSA) is 121 Å². The number of nitrogens with one attached hydrogen (secondary N) is 4. The second-order valence-electron chi connectivity index (χ2n) is 8.04. The molecule has 3 aromatic heterocycles. The highest BCUT2D eigenvalue weighted by atomic mass is 15.3. The number of piperidine rings is 1.